The molecule has 0 aromatic carbocycles. The molecule has 0 aliphatic carbocycles. The van der Waals surface area contributed by atoms with Gasteiger partial charge in [-0.2, -0.15) is 0 Å². The van der Waals surface area contributed by atoms with E-state index in [1.165, 1.54) is 7.05 Å². The molecule has 0 fully saturated rings. The summed E-state index contributed by atoms with van der Waals surface area (Å²) < 4.78 is 0. The molecule has 0 saturated carbocycles. The predicted octanol–water partition coefficient (Wildman–Crippen LogP) is 0.920. The lowest BCUT2D eigenvalue weighted by Gasteiger charge is -2.19. The van der Waals surface area contributed by atoms with Crippen molar-refractivity contribution < 1.29 is 14.4 Å². The maximum atomic E-state index is 10.8. The third-order valence-corrected chi connectivity index (χ3v) is 2.80. The number of carbonyl (C=O) groups is 2. The summed E-state index contributed by atoms with van der Waals surface area (Å²) in [5, 5.41) is 6.50. The van der Waals surface area contributed by atoms with Gasteiger partial charge in [-0.3, -0.25) is 9.63 Å². The van der Waals surface area contributed by atoms with Crippen LogP contribution >= 0.6 is 11.8 Å². The number of hydrogen-bond donors (Lipinski definition) is 2. The topological polar surface area (TPSA) is 93.8 Å². The lowest BCUT2D eigenvalue weighted by molar-refractivity contribution is -0.115. The number of carbonyl (C=O) groups excluding carboxylic acids is 2. The van der Waals surface area contributed by atoms with Crippen molar-refractivity contribution in [2.24, 2.45) is 16.3 Å². The van der Waals surface area contributed by atoms with Gasteiger partial charge < -0.3 is 11.1 Å². The fourth-order valence-electron chi connectivity index (χ4n) is 0.648. The maximum Gasteiger partial charge on any atom is 0.433 e. The molecule has 0 bridgehead atoms. The fourth-order valence-corrected chi connectivity index (χ4v) is 1.45. The number of nitrogens with two attached hydrogens (primary N) is 1. The summed E-state index contributed by atoms with van der Waals surface area (Å²) in [6, 6.07) is 0. The Hall–Kier alpha value is -1.24. The Labute approximate surface area is 99.0 Å². The molecule has 0 radical (unpaired) electrons. The molecule has 2 amide bonds. The van der Waals surface area contributed by atoms with E-state index in [4.69, 9.17) is 5.73 Å². The van der Waals surface area contributed by atoms with E-state index in [9.17, 15) is 9.59 Å². The van der Waals surface area contributed by atoms with E-state index >= 15 is 0 Å². The Morgan fingerprint density at radius 3 is 2.38 bits per heavy atom. The minimum absolute atomic E-state index is 0.104. The van der Waals surface area contributed by atoms with E-state index in [0.29, 0.717) is 5.04 Å². The van der Waals surface area contributed by atoms with Gasteiger partial charge >= 0.3 is 6.09 Å². The summed E-state index contributed by atoms with van der Waals surface area (Å²) in [4.78, 5) is 26.1. The van der Waals surface area contributed by atoms with E-state index in [2.05, 4.69) is 15.3 Å². The van der Waals surface area contributed by atoms with Crippen LogP contribution in [0, 0.1) is 5.41 Å². The van der Waals surface area contributed by atoms with Gasteiger partial charge in [0.05, 0.1) is 5.75 Å². The number of rotatable bonds is 3. The Balaban J connectivity index is 4.55. The average molecular weight is 247 g/mol. The molecule has 92 valence electrons. The first-order chi connectivity index (χ1) is 7.27. The first kappa shape index (κ1) is 14.8. The van der Waals surface area contributed by atoms with Gasteiger partial charge in [-0.15, -0.1) is 0 Å². The Kier molecular flexibility index (Phi) is 5.87. The van der Waals surface area contributed by atoms with Crippen molar-refractivity contribution in [2.45, 2.75) is 20.8 Å². The normalized spacial score (nSPS) is 12.1. The third kappa shape index (κ3) is 6.28. The first-order valence-electron chi connectivity index (χ1n) is 4.65. The van der Waals surface area contributed by atoms with Gasteiger partial charge in [0.25, 0.3) is 0 Å². The second kappa shape index (κ2) is 6.37. The van der Waals surface area contributed by atoms with Crippen LogP contribution in [0.1, 0.15) is 20.8 Å². The molecule has 0 spiro atoms. The summed E-state index contributed by atoms with van der Waals surface area (Å²) in [5.74, 6) is -0.338. The number of hydrogen-bond acceptors (Lipinski definition) is 5. The summed E-state index contributed by atoms with van der Waals surface area (Å²) in [6.45, 7) is 5.69. The number of thioether (sulfide) groups is 1. The molecule has 0 atom stereocenters. The SMILES string of the molecule is CNC(=O)O/N=C(\SCC(N)=O)C(C)(C)C. The predicted molar refractivity (Wildman–Crippen MR) is 64.1 cm³/mol. The van der Waals surface area contributed by atoms with Crippen molar-refractivity contribution in [3.8, 4) is 0 Å². The molecule has 7 heteroatoms. The number of nitrogens with one attached hydrogen (secondary N) is 1. The van der Waals surface area contributed by atoms with Gasteiger partial charge in [-0.05, 0) is 0 Å². The molecule has 0 aliphatic heterocycles. The molecular weight excluding hydrogens is 230 g/mol. The van der Waals surface area contributed by atoms with Crippen LogP contribution in [0.4, 0.5) is 4.79 Å². The Morgan fingerprint density at radius 1 is 1.44 bits per heavy atom. The molecule has 6 nitrogen and oxygen atoms in total. The molecule has 16 heavy (non-hydrogen) atoms. The molecular formula is C9H17N3O3S. The van der Waals surface area contributed by atoms with Crippen molar-refractivity contribution in [1.29, 1.82) is 0 Å². The van der Waals surface area contributed by atoms with E-state index in [1.807, 2.05) is 20.8 Å². The lowest BCUT2D eigenvalue weighted by Crippen LogP contribution is -2.23. The molecule has 0 unspecified atom stereocenters. The summed E-state index contributed by atoms with van der Waals surface area (Å²) in [6.07, 6.45) is -0.651. The zero-order valence-corrected chi connectivity index (χ0v) is 10.7. The van der Waals surface area contributed by atoms with Gasteiger partial charge in [0.2, 0.25) is 5.91 Å². The maximum absolute atomic E-state index is 10.8. The van der Waals surface area contributed by atoms with E-state index < -0.39 is 12.0 Å². The van der Waals surface area contributed by atoms with Crippen molar-refractivity contribution in [1.82, 2.24) is 5.32 Å². The van der Waals surface area contributed by atoms with Crippen LogP contribution in [-0.4, -0.2) is 29.8 Å². The number of primary amides is 1. The van der Waals surface area contributed by atoms with Crippen LogP contribution in [0.5, 0.6) is 0 Å². The molecule has 0 aliphatic rings. The molecule has 0 rings (SSSR count). The monoisotopic (exact) mass is 247 g/mol. The van der Waals surface area contributed by atoms with Gasteiger partial charge in [0.15, 0.2) is 0 Å². The Morgan fingerprint density at radius 2 is 2.00 bits per heavy atom. The van der Waals surface area contributed by atoms with Crippen molar-refractivity contribution in [3.63, 3.8) is 0 Å². The zero-order valence-electron chi connectivity index (χ0n) is 9.86. The Bertz CT molecular complexity index is 297. The van der Waals surface area contributed by atoms with E-state index in [-0.39, 0.29) is 11.2 Å². The van der Waals surface area contributed by atoms with Gasteiger partial charge in [-0.25, -0.2) is 4.79 Å². The summed E-state index contributed by atoms with van der Waals surface area (Å²) in [5.41, 5.74) is 4.72. The minimum Gasteiger partial charge on any atom is -0.369 e. The van der Waals surface area contributed by atoms with Crippen molar-refractivity contribution >= 4 is 28.8 Å². The highest BCUT2D eigenvalue weighted by atomic mass is 32.2. The van der Waals surface area contributed by atoms with Crippen LogP contribution in [0.25, 0.3) is 0 Å². The molecule has 0 aromatic heterocycles. The van der Waals surface area contributed by atoms with E-state index in [0.717, 1.165) is 11.8 Å². The zero-order chi connectivity index (χ0) is 12.8. The minimum atomic E-state index is -0.651. The molecule has 0 aromatic rings. The summed E-state index contributed by atoms with van der Waals surface area (Å²) in [7, 11) is 1.44. The van der Waals surface area contributed by atoms with Crippen LogP contribution in [-0.2, 0) is 9.63 Å². The highest BCUT2D eigenvalue weighted by Crippen LogP contribution is 2.24. The van der Waals surface area contributed by atoms with Crippen LogP contribution in [0.2, 0.25) is 0 Å². The molecule has 0 heterocycles. The molecule has 3 N–H and O–H groups in total. The van der Waals surface area contributed by atoms with Gasteiger partial charge in [0.1, 0.15) is 5.04 Å². The second-order valence-electron chi connectivity index (χ2n) is 4.03. The highest BCUT2D eigenvalue weighted by molar-refractivity contribution is 8.14. The van der Waals surface area contributed by atoms with Crippen LogP contribution < -0.4 is 11.1 Å². The van der Waals surface area contributed by atoms with Crippen LogP contribution in [0.3, 0.4) is 0 Å². The number of amides is 2. The average Bonchev–Trinajstić information content (AvgIpc) is 2.14. The number of oxime groups is 1. The van der Waals surface area contributed by atoms with E-state index in [1.54, 1.807) is 0 Å². The number of nitrogens with zero attached hydrogens (tertiary/aromatic N) is 1. The quantitative estimate of drug-likeness (QED) is 0.335. The van der Waals surface area contributed by atoms with Crippen molar-refractivity contribution in [2.75, 3.05) is 12.8 Å². The lowest BCUT2D eigenvalue weighted by atomic mass is 9.99. The van der Waals surface area contributed by atoms with Gasteiger partial charge in [0, 0.05) is 12.5 Å². The highest BCUT2D eigenvalue weighted by Gasteiger charge is 2.21. The largest absolute Gasteiger partial charge is 0.433 e. The standard InChI is InChI=1S/C9H17N3O3S/c1-9(2,3)7(16-5-6(10)13)12-15-8(14)11-4/h5H2,1-4H3,(H2,10,13)(H,11,14)/b12-7-. The third-order valence-electron chi connectivity index (χ3n) is 1.41. The van der Waals surface area contributed by atoms with Crippen molar-refractivity contribution in [3.05, 3.63) is 0 Å². The summed E-state index contributed by atoms with van der Waals surface area (Å²) >= 11 is 1.16. The fraction of sp³-hybridized carbons (Fsp3) is 0.667. The van der Waals surface area contributed by atoms with Crippen LogP contribution in [0.15, 0.2) is 5.16 Å². The first-order valence-corrected chi connectivity index (χ1v) is 5.64. The smallest absolute Gasteiger partial charge is 0.369 e. The molecule has 0 saturated heterocycles. The second-order valence-corrected chi connectivity index (χ2v) is 4.99. The van der Waals surface area contributed by atoms with Gasteiger partial charge in [-0.1, -0.05) is 37.7 Å².